The van der Waals surface area contributed by atoms with E-state index in [1.807, 2.05) is 6.92 Å². The van der Waals surface area contributed by atoms with Crippen LogP contribution in [0.25, 0.3) is 0 Å². The fraction of sp³-hybridized carbons (Fsp3) is 0.667. The van der Waals surface area contributed by atoms with Crippen LogP contribution in [-0.2, 0) is 0 Å². The van der Waals surface area contributed by atoms with Crippen LogP contribution in [-0.4, -0.2) is 30.0 Å². The molecule has 0 unspecified atom stereocenters. The molecule has 0 radical (unpaired) electrons. The highest BCUT2D eigenvalue weighted by atomic mass is 16.2. The summed E-state index contributed by atoms with van der Waals surface area (Å²) in [6.07, 6.45) is 0. The van der Waals surface area contributed by atoms with Crippen molar-refractivity contribution >= 4 is 12.0 Å². The maximum absolute atomic E-state index is 11.0. The Balaban J connectivity index is 4.03. The predicted octanol–water partition coefficient (Wildman–Crippen LogP) is -0.0687. The van der Waals surface area contributed by atoms with Gasteiger partial charge in [-0.3, -0.25) is 10.3 Å². The average molecular weight is 158 g/mol. The number of rotatable bonds is 2. The van der Waals surface area contributed by atoms with Gasteiger partial charge in [-0.25, -0.2) is 4.79 Å². The molecule has 0 atom stereocenters. The Labute approximate surface area is 66.1 Å². The molecule has 0 aliphatic carbocycles. The number of carbonyl (C=O) groups excluding carboxylic acids is 1. The highest BCUT2D eigenvalue weighted by molar-refractivity contribution is 5.93. The van der Waals surface area contributed by atoms with Gasteiger partial charge in [0.15, 0.2) is 5.96 Å². The fourth-order valence-electron chi connectivity index (χ4n) is 0.670. The number of nitrogens with one attached hydrogen (secondary N) is 2. The van der Waals surface area contributed by atoms with Crippen LogP contribution in [0.3, 0.4) is 0 Å². The van der Waals surface area contributed by atoms with Crippen LogP contribution in [0.2, 0.25) is 0 Å². The zero-order valence-electron chi connectivity index (χ0n) is 6.85. The van der Waals surface area contributed by atoms with E-state index in [4.69, 9.17) is 11.1 Å². The molecule has 0 fully saturated rings. The number of amides is 2. The van der Waals surface area contributed by atoms with Gasteiger partial charge in [-0.15, -0.1) is 0 Å². The summed E-state index contributed by atoms with van der Waals surface area (Å²) >= 11 is 0. The summed E-state index contributed by atoms with van der Waals surface area (Å²) in [6.45, 7) is 4.53. The van der Waals surface area contributed by atoms with Gasteiger partial charge in [-0.05, 0) is 13.8 Å². The molecule has 0 aromatic carbocycles. The van der Waals surface area contributed by atoms with Crippen molar-refractivity contribution in [1.82, 2.24) is 10.2 Å². The van der Waals surface area contributed by atoms with E-state index in [2.05, 4.69) is 5.32 Å². The first-order chi connectivity index (χ1) is 5.13. The third-order valence-electron chi connectivity index (χ3n) is 1.18. The molecule has 0 aromatic heterocycles. The number of urea groups is 1. The minimum absolute atomic E-state index is 0.224. The molecule has 0 spiro atoms. The lowest BCUT2D eigenvalue weighted by atomic mass is 10.6. The van der Waals surface area contributed by atoms with Crippen molar-refractivity contribution in [2.45, 2.75) is 13.8 Å². The van der Waals surface area contributed by atoms with Crippen molar-refractivity contribution < 1.29 is 4.79 Å². The van der Waals surface area contributed by atoms with Gasteiger partial charge in [-0.1, -0.05) is 0 Å². The van der Waals surface area contributed by atoms with Gasteiger partial charge >= 0.3 is 6.03 Å². The Bertz CT molecular complexity index is 157. The largest absolute Gasteiger partial charge is 0.370 e. The summed E-state index contributed by atoms with van der Waals surface area (Å²) in [5.74, 6) is -0.224. The molecule has 0 heterocycles. The lowest BCUT2D eigenvalue weighted by Gasteiger charge is -2.17. The second-order valence-electron chi connectivity index (χ2n) is 1.96. The highest BCUT2D eigenvalue weighted by Gasteiger charge is 2.11. The summed E-state index contributed by atoms with van der Waals surface area (Å²) in [7, 11) is 0. The molecule has 0 saturated heterocycles. The molecular formula is C6H14N4O. The van der Waals surface area contributed by atoms with Crippen LogP contribution in [0, 0.1) is 5.41 Å². The van der Waals surface area contributed by atoms with Crippen molar-refractivity contribution in [2.24, 2.45) is 5.73 Å². The molecule has 0 aliphatic heterocycles. The highest BCUT2D eigenvalue weighted by Crippen LogP contribution is 1.85. The second kappa shape index (κ2) is 4.54. The molecule has 64 valence electrons. The summed E-state index contributed by atoms with van der Waals surface area (Å²) in [5.41, 5.74) is 5.13. The molecule has 5 heteroatoms. The molecule has 11 heavy (non-hydrogen) atoms. The lowest BCUT2D eigenvalue weighted by Crippen LogP contribution is -2.46. The van der Waals surface area contributed by atoms with Crippen LogP contribution in [0.4, 0.5) is 4.79 Å². The average Bonchev–Trinajstić information content (AvgIpc) is 1.88. The van der Waals surface area contributed by atoms with E-state index in [0.717, 1.165) is 4.90 Å². The van der Waals surface area contributed by atoms with Crippen LogP contribution < -0.4 is 11.1 Å². The summed E-state index contributed by atoms with van der Waals surface area (Å²) in [5, 5.41) is 9.55. The smallest absolute Gasteiger partial charge is 0.324 e. The maximum Gasteiger partial charge on any atom is 0.324 e. The van der Waals surface area contributed by atoms with Crippen LogP contribution in [0.1, 0.15) is 13.8 Å². The van der Waals surface area contributed by atoms with Gasteiger partial charge in [0.2, 0.25) is 0 Å². The quantitative estimate of drug-likeness (QED) is 0.388. The molecule has 0 bridgehead atoms. The molecule has 0 aliphatic rings. The molecular weight excluding hydrogens is 144 g/mol. The van der Waals surface area contributed by atoms with Gasteiger partial charge in [0.25, 0.3) is 0 Å². The third-order valence-corrected chi connectivity index (χ3v) is 1.18. The standard InChI is InChI=1S/C6H14N4O/c1-3-9-6(11)10(4-2)5(7)8/h3-4H2,1-2H3,(H3,7,8)(H,9,11). The van der Waals surface area contributed by atoms with Gasteiger partial charge in [0, 0.05) is 13.1 Å². The van der Waals surface area contributed by atoms with Crippen molar-refractivity contribution in [1.29, 1.82) is 5.41 Å². The topological polar surface area (TPSA) is 82.2 Å². The molecule has 0 saturated carbocycles. The molecule has 0 rings (SSSR count). The molecule has 2 amide bonds. The van der Waals surface area contributed by atoms with E-state index in [-0.39, 0.29) is 12.0 Å². The zero-order valence-corrected chi connectivity index (χ0v) is 6.85. The number of hydrogen-bond acceptors (Lipinski definition) is 2. The van der Waals surface area contributed by atoms with Crippen molar-refractivity contribution in [3.63, 3.8) is 0 Å². The zero-order chi connectivity index (χ0) is 8.85. The Hall–Kier alpha value is -1.26. The normalized spacial score (nSPS) is 8.91. The minimum atomic E-state index is -0.317. The first kappa shape index (κ1) is 9.74. The Morgan fingerprint density at radius 3 is 2.45 bits per heavy atom. The molecule has 0 aromatic rings. The fourth-order valence-corrected chi connectivity index (χ4v) is 0.670. The van der Waals surface area contributed by atoms with Gasteiger partial charge < -0.3 is 11.1 Å². The van der Waals surface area contributed by atoms with Gasteiger partial charge in [0.05, 0.1) is 0 Å². The van der Waals surface area contributed by atoms with E-state index in [1.54, 1.807) is 6.92 Å². The first-order valence-electron chi connectivity index (χ1n) is 3.52. The molecule has 5 nitrogen and oxygen atoms in total. The Morgan fingerprint density at radius 2 is 2.18 bits per heavy atom. The number of nitrogens with zero attached hydrogens (tertiary/aromatic N) is 1. The third kappa shape index (κ3) is 2.88. The van der Waals surface area contributed by atoms with Gasteiger partial charge in [-0.2, -0.15) is 0 Å². The first-order valence-corrected chi connectivity index (χ1v) is 3.52. The number of nitrogens with two attached hydrogens (primary N) is 1. The van der Waals surface area contributed by atoms with E-state index in [0.29, 0.717) is 13.1 Å². The number of guanidine groups is 1. The van der Waals surface area contributed by atoms with Gasteiger partial charge in [0.1, 0.15) is 0 Å². The van der Waals surface area contributed by atoms with E-state index >= 15 is 0 Å². The van der Waals surface area contributed by atoms with Crippen molar-refractivity contribution in [3.05, 3.63) is 0 Å². The van der Waals surface area contributed by atoms with E-state index in [9.17, 15) is 4.79 Å². The number of carbonyl (C=O) groups is 1. The lowest BCUT2D eigenvalue weighted by molar-refractivity contribution is 0.222. The number of hydrogen-bond donors (Lipinski definition) is 3. The minimum Gasteiger partial charge on any atom is -0.370 e. The monoisotopic (exact) mass is 158 g/mol. The van der Waals surface area contributed by atoms with E-state index in [1.165, 1.54) is 0 Å². The van der Waals surface area contributed by atoms with Crippen molar-refractivity contribution in [2.75, 3.05) is 13.1 Å². The van der Waals surface area contributed by atoms with Crippen LogP contribution in [0.5, 0.6) is 0 Å². The van der Waals surface area contributed by atoms with Crippen LogP contribution in [0.15, 0.2) is 0 Å². The van der Waals surface area contributed by atoms with Crippen LogP contribution >= 0.6 is 0 Å². The summed E-state index contributed by atoms with van der Waals surface area (Å²) in [6, 6.07) is -0.317. The Kier molecular flexibility index (Phi) is 4.02. The maximum atomic E-state index is 11.0. The summed E-state index contributed by atoms with van der Waals surface area (Å²) in [4.78, 5) is 12.2. The Morgan fingerprint density at radius 1 is 1.64 bits per heavy atom. The second-order valence-corrected chi connectivity index (χ2v) is 1.96. The molecule has 4 N–H and O–H groups in total. The predicted molar refractivity (Wildman–Crippen MR) is 43.4 cm³/mol. The van der Waals surface area contributed by atoms with E-state index < -0.39 is 0 Å². The van der Waals surface area contributed by atoms with Crippen molar-refractivity contribution in [3.8, 4) is 0 Å². The SMILES string of the molecule is CCNC(=O)N(CC)C(=N)N. The summed E-state index contributed by atoms with van der Waals surface area (Å²) < 4.78 is 0.